The summed E-state index contributed by atoms with van der Waals surface area (Å²) in [6, 6.07) is 6.52. The number of likely N-dealkylation sites (tertiary alicyclic amines) is 1. The van der Waals surface area contributed by atoms with Gasteiger partial charge in [0.1, 0.15) is 6.61 Å². The third-order valence-corrected chi connectivity index (χ3v) is 3.43. The second kappa shape index (κ2) is 6.34. The van der Waals surface area contributed by atoms with Crippen LogP contribution in [0.1, 0.15) is 23.2 Å². The SMILES string of the molecule is O=C(OCCN1C(=O)CCC1=O)c1ccc(-c2nn[nH]n2)cc1. The number of aromatic amines is 1. The van der Waals surface area contributed by atoms with Crippen molar-refractivity contribution >= 4 is 17.8 Å². The third kappa shape index (κ3) is 3.23. The lowest BCUT2D eigenvalue weighted by atomic mass is 10.1. The van der Waals surface area contributed by atoms with E-state index in [-0.39, 0.29) is 37.8 Å². The molecular weight excluding hydrogens is 302 g/mol. The van der Waals surface area contributed by atoms with E-state index < -0.39 is 5.97 Å². The van der Waals surface area contributed by atoms with Gasteiger partial charge < -0.3 is 4.74 Å². The summed E-state index contributed by atoms with van der Waals surface area (Å²) >= 11 is 0. The van der Waals surface area contributed by atoms with Crippen molar-refractivity contribution < 1.29 is 19.1 Å². The third-order valence-electron chi connectivity index (χ3n) is 3.43. The number of carbonyl (C=O) groups excluding carboxylic acids is 3. The first-order valence-electron chi connectivity index (χ1n) is 6.99. The minimum absolute atomic E-state index is 0.0249. The molecule has 0 saturated carbocycles. The van der Waals surface area contributed by atoms with Crippen LogP contribution in [0.15, 0.2) is 24.3 Å². The Morgan fingerprint density at radius 2 is 1.87 bits per heavy atom. The van der Waals surface area contributed by atoms with Crippen LogP contribution in [0, 0.1) is 0 Å². The van der Waals surface area contributed by atoms with Crippen LogP contribution < -0.4 is 0 Å². The number of carbonyl (C=O) groups is 3. The van der Waals surface area contributed by atoms with E-state index in [1.54, 1.807) is 24.3 Å². The molecule has 3 rings (SSSR count). The van der Waals surface area contributed by atoms with Gasteiger partial charge in [-0.1, -0.05) is 12.1 Å². The molecule has 9 nitrogen and oxygen atoms in total. The average Bonchev–Trinajstić information content (AvgIpc) is 3.20. The van der Waals surface area contributed by atoms with Gasteiger partial charge in [-0.05, 0) is 17.3 Å². The Hall–Kier alpha value is -3.10. The second-order valence-corrected chi connectivity index (χ2v) is 4.89. The van der Waals surface area contributed by atoms with Gasteiger partial charge in [-0.2, -0.15) is 5.21 Å². The predicted octanol–water partition coefficient (Wildman–Crippen LogP) is 0.172. The monoisotopic (exact) mass is 315 g/mol. The van der Waals surface area contributed by atoms with Gasteiger partial charge in [-0.25, -0.2) is 4.79 Å². The molecule has 2 amide bonds. The number of imide groups is 1. The number of hydrogen-bond donors (Lipinski definition) is 1. The molecule has 1 aromatic carbocycles. The molecule has 1 fully saturated rings. The first kappa shape index (κ1) is 14.8. The number of amides is 2. The maximum Gasteiger partial charge on any atom is 0.338 e. The van der Waals surface area contributed by atoms with Gasteiger partial charge in [0, 0.05) is 18.4 Å². The Kier molecular flexibility index (Phi) is 4.09. The Bertz CT molecular complexity index is 710. The van der Waals surface area contributed by atoms with Crippen LogP contribution in [0.2, 0.25) is 0 Å². The molecule has 0 aliphatic carbocycles. The van der Waals surface area contributed by atoms with Crippen molar-refractivity contribution in [2.75, 3.05) is 13.2 Å². The Labute approximate surface area is 130 Å². The molecule has 1 saturated heterocycles. The predicted molar refractivity (Wildman–Crippen MR) is 75.9 cm³/mol. The number of nitrogens with one attached hydrogen (secondary N) is 1. The van der Waals surface area contributed by atoms with Gasteiger partial charge in [0.15, 0.2) is 0 Å². The smallest absolute Gasteiger partial charge is 0.338 e. The van der Waals surface area contributed by atoms with Crippen LogP contribution in [0.4, 0.5) is 0 Å². The highest BCUT2D eigenvalue weighted by atomic mass is 16.5. The number of tetrazole rings is 1. The number of nitrogens with zero attached hydrogens (tertiary/aromatic N) is 4. The van der Waals surface area contributed by atoms with Crippen LogP contribution in [0.3, 0.4) is 0 Å². The van der Waals surface area contributed by atoms with Gasteiger partial charge >= 0.3 is 5.97 Å². The van der Waals surface area contributed by atoms with Crippen LogP contribution in [-0.4, -0.2) is 56.5 Å². The summed E-state index contributed by atoms with van der Waals surface area (Å²) in [7, 11) is 0. The van der Waals surface area contributed by atoms with E-state index in [9.17, 15) is 14.4 Å². The molecule has 2 aromatic rings. The van der Waals surface area contributed by atoms with E-state index >= 15 is 0 Å². The zero-order valence-electron chi connectivity index (χ0n) is 12.1. The van der Waals surface area contributed by atoms with Gasteiger partial charge in [0.2, 0.25) is 17.6 Å². The van der Waals surface area contributed by atoms with Crippen molar-refractivity contribution in [1.82, 2.24) is 25.5 Å². The number of esters is 1. The first-order valence-corrected chi connectivity index (χ1v) is 6.99. The van der Waals surface area contributed by atoms with Gasteiger partial charge in [-0.3, -0.25) is 14.5 Å². The van der Waals surface area contributed by atoms with Crippen molar-refractivity contribution in [2.24, 2.45) is 0 Å². The van der Waals surface area contributed by atoms with E-state index in [1.165, 1.54) is 0 Å². The number of benzene rings is 1. The summed E-state index contributed by atoms with van der Waals surface area (Å²) in [5, 5.41) is 13.5. The molecule has 2 heterocycles. The van der Waals surface area contributed by atoms with Crippen molar-refractivity contribution in [3.63, 3.8) is 0 Å². The highest BCUT2D eigenvalue weighted by molar-refractivity contribution is 6.01. The molecule has 23 heavy (non-hydrogen) atoms. The standard InChI is InChI=1S/C14H13N5O4/c20-11-5-6-12(21)19(11)7-8-23-14(22)10-3-1-9(2-4-10)13-15-17-18-16-13/h1-4H,5-8H2,(H,15,16,17,18). The normalized spacial score (nSPS) is 14.3. The molecule has 1 aliphatic heterocycles. The molecule has 0 atom stereocenters. The van der Waals surface area contributed by atoms with Gasteiger partial charge in [-0.15, -0.1) is 10.2 Å². The zero-order chi connectivity index (χ0) is 16.2. The average molecular weight is 315 g/mol. The molecule has 118 valence electrons. The van der Waals surface area contributed by atoms with Crippen LogP contribution in [-0.2, 0) is 14.3 Å². The van der Waals surface area contributed by atoms with E-state index in [2.05, 4.69) is 20.6 Å². The van der Waals surface area contributed by atoms with Crippen LogP contribution >= 0.6 is 0 Å². The molecule has 0 bridgehead atoms. The van der Waals surface area contributed by atoms with Gasteiger partial charge in [0.25, 0.3) is 0 Å². The first-order chi connectivity index (χ1) is 11.1. The minimum Gasteiger partial charge on any atom is -0.460 e. The molecule has 0 spiro atoms. The van der Waals surface area contributed by atoms with Crippen LogP contribution in [0.25, 0.3) is 11.4 Å². The Morgan fingerprint density at radius 1 is 1.17 bits per heavy atom. The Balaban J connectivity index is 1.54. The van der Waals surface area contributed by atoms with E-state index in [4.69, 9.17) is 4.74 Å². The highest BCUT2D eigenvalue weighted by Gasteiger charge is 2.28. The number of aromatic nitrogens is 4. The van der Waals surface area contributed by atoms with Gasteiger partial charge in [0.05, 0.1) is 12.1 Å². The van der Waals surface area contributed by atoms with Crippen molar-refractivity contribution in [3.8, 4) is 11.4 Å². The summed E-state index contributed by atoms with van der Waals surface area (Å²) in [5.74, 6) is -0.550. The summed E-state index contributed by atoms with van der Waals surface area (Å²) in [6.45, 7) is 0.0628. The maximum absolute atomic E-state index is 11.9. The number of rotatable bonds is 5. The lowest BCUT2D eigenvalue weighted by Gasteiger charge is -2.13. The van der Waals surface area contributed by atoms with E-state index in [0.29, 0.717) is 17.0 Å². The fraction of sp³-hybridized carbons (Fsp3) is 0.286. The maximum atomic E-state index is 11.9. The summed E-state index contributed by atoms with van der Waals surface area (Å²) < 4.78 is 5.08. The Morgan fingerprint density at radius 3 is 2.48 bits per heavy atom. The largest absolute Gasteiger partial charge is 0.460 e. The quantitative estimate of drug-likeness (QED) is 0.617. The lowest BCUT2D eigenvalue weighted by molar-refractivity contribution is -0.138. The molecule has 1 N–H and O–H groups in total. The number of hydrogen-bond acceptors (Lipinski definition) is 7. The number of H-pyrrole nitrogens is 1. The van der Waals surface area contributed by atoms with E-state index in [0.717, 1.165) is 4.90 Å². The number of ether oxygens (including phenoxy) is 1. The molecular formula is C14H13N5O4. The molecule has 9 heteroatoms. The fourth-order valence-electron chi connectivity index (χ4n) is 2.22. The van der Waals surface area contributed by atoms with Crippen molar-refractivity contribution in [2.45, 2.75) is 12.8 Å². The summed E-state index contributed by atoms with van der Waals surface area (Å²) in [5.41, 5.74) is 1.07. The topological polar surface area (TPSA) is 118 Å². The summed E-state index contributed by atoms with van der Waals surface area (Å²) in [6.07, 6.45) is 0.453. The highest BCUT2D eigenvalue weighted by Crippen LogP contribution is 2.15. The minimum atomic E-state index is -0.524. The zero-order valence-corrected chi connectivity index (χ0v) is 12.1. The molecule has 1 aliphatic rings. The van der Waals surface area contributed by atoms with Crippen LogP contribution in [0.5, 0.6) is 0 Å². The van der Waals surface area contributed by atoms with Crippen molar-refractivity contribution in [1.29, 1.82) is 0 Å². The van der Waals surface area contributed by atoms with E-state index in [1.807, 2.05) is 0 Å². The van der Waals surface area contributed by atoms with Crippen molar-refractivity contribution in [3.05, 3.63) is 29.8 Å². The summed E-state index contributed by atoms with van der Waals surface area (Å²) in [4.78, 5) is 35.9. The lowest BCUT2D eigenvalue weighted by Crippen LogP contribution is -2.32. The second-order valence-electron chi connectivity index (χ2n) is 4.89. The fourth-order valence-corrected chi connectivity index (χ4v) is 2.22. The molecule has 1 aromatic heterocycles. The molecule has 0 radical (unpaired) electrons. The molecule has 0 unspecified atom stereocenters.